The quantitative estimate of drug-likeness (QED) is 0.202. The van der Waals surface area contributed by atoms with Gasteiger partial charge in [0, 0.05) is 0 Å². The number of benzene rings is 2. The Morgan fingerprint density at radius 1 is 1.05 bits per heavy atom. The summed E-state index contributed by atoms with van der Waals surface area (Å²) in [6.07, 6.45) is 1.28. The van der Waals surface area contributed by atoms with E-state index in [9.17, 15) is 34.2 Å². The Labute approximate surface area is 260 Å². The number of aromatic hydroxyl groups is 1. The molecule has 0 aliphatic carbocycles. The molecule has 0 unspecified atom stereocenters. The third-order valence-corrected chi connectivity index (χ3v) is 9.26. The van der Waals surface area contributed by atoms with E-state index in [2.05, 4.69) is 16.0 Å². The van der Waals surface area contributed by atoms with Crippen molar-refractivity contribution in [3.63, 3.8) is 0 Å². The first kappa shape index (κ1) is 32.8. The van der Waals surface area contributed by atoms with Gasteiger partial charge in [-0.25, -0.2) is 4.79 Å². The summed E-state index contributed by atoms with van der Waals surface area (Å²) in [5.74, 6) is -3.16. The second-order valence-electron chi connectivity index (χ2n) is 11.5. The maximum absolute atomic E-state index is 13.8. The first-order valence-corrected chi connectivity index (χ1v) is 15.5. The van der Waals surface area contributed by atoms with Gasteiger partial charge in [-0.05, 0) is 54.9 Å². The van der Waals surface area contributed by atoms with Crippen molar-refractivity contribution in [1.82, 2.24) is 20.9 Å². The molecule has 2 saturated heterocycles. The number of rotatable bonds is 12. The molecule has 44 heavy (non-hydrogen) atoms. The molecule has 4 amide bonds. The number of carbonyl (C=O) groups is 5. The van der Waals surface area contributed by atoms with Gasteiger partial charge in [0.2, 0.25) is 23.6 Å². The summed E-state index contributed by atoms with van der Waals surface area (Å²) in [6.45, 7) is 3.34. The van der Waals surface area contributed by atoms with Gasteiger partial charge in [0.15, 0.2) is 0 Å². The van der Waals surface area contributed by atoms with E-state index < -0.39 is 65.6 Å². The van der Waals surface area contributed by atoms with E-state index in [0.717, 1.165) is 11.1 Å². The van der Waals surface area contributed by atoms with Gasteiger partial charge in [0.1, 0.15) is 23.9 Å². The highest BCUT2D eigenvalue weighted by Gasteiger charge is 2.52. The van der Waals surface area contributed by atoms with E-state index in [0.29, 0.717) is 12.8 Å². The van der Waals surface area contributed by atoms with Gasteiger partial charge in [0.25, 0.3) is 0 Å². The third kappa shape index (κ3) is 8.08. The summed E-state index contributed by atoms with van der Waals surface area (Å²) in [7, 11) is 0. The monoisotopic (exact) mass is 625 g/mol. The van der Waals surface area contributed by atoms with Crippen molar-refractivity contribution in [1.29, 1.82) is 0 Å². The van der Waals surface area contributed by atoms with Crippen LogP contribution in [-0.2, 0) is 30.4 Å². The van der Waals surface area contributed by atoms with Crippen LogP contribution in [0.5, 0.6) is 5.75 Å². The van der Waals surface area contributed by atoms with Crippen molar-refractivity contribution < 1.29 is 34.2 Å². The predicted molar refractivity (Wildman–Crippen MR) is 164 cm³/mol. The lowest BCUT2D eigenvalue weighted by Crippen LogP contribution is -2.61. The first-order chi connectivity index (χ1) is 20.9. The lowest BCUT2D eigenvalue weighted by Gasteiger charge is -2.37. The molecule has 0 saturated carbocycles. The normalized spacial score (nSPS) is 22.5. The zero-order chi connectivity index (χ0) is 32.0. The van der Waals surface area contributed by atoms with Crippen molar-refractivity contribution in [2.24, 2.45) is 11.7 Å². The highest BCUT2D eigenvalue weighted by Crippen LogP contribution is 2.49. The Balaban J connectivity index is 1.42. The highest BCUT2D eigenvalue weighted by atomic mass is 32.2. The number of carbonyl (C=O) groups excluding carboxylic acids is 4. The van der Waals surface area contributed by atoms with Crippen LogP contribution in [0.2, 0.25) is 0 Å². The number of phenols is 1. The number of carboxylic acids is 1. The van der Waals surface area contributed by atoms with Crippen LogP contribution in [0.4, 0.5) is 0 Å². The Morgan fingerprint density at radius 2 is 1.73 bits per heavy atom. The van der Waals surface area contributed by atoms with Crippen molar-refractivity contribution >= 4 is 41.4 Å². The lowest BCUT2D eigenvalue weighted by atomic mass is 9.97. The van der Waals surface area contributed by atoms with Gasteiger partial charge in [-0.3, -0.25) is 19.2 Å². The minimum absolute atomic E-state index is 0.0195. The smallest absolute Gasteiger partial charge is 0.326 e. The number of piperidine rings is 1. The average Bonchev–Trinajstić information content (AvgIpc) is 3.39. The number of fused-ring (bicyclic) bond motifs is 1. The zero-order valence-corrected chi connectivity index (χ0v) is 25.5. The van der Waals surface area contributed by atoms with Crippen molar-refractivity contribution in [2.45, 2.75) is 74.3 Å². The maximum atomic E-state index is 13.8. The van der Waals surface area contributed by atoms with E-state index >= 15 is 0 Å². The Bertz CT molecular complexity index is 1360. The molecule has 2 aromatic rings. The van der Waals surface area contributed by atoms with Crippen LogP contribution in [0.1, 0.15) is 49.5 Å². The summed E-state index contributed by atoms with van der Waals surface area (Å²) in [4.78, 5) is 66.1. The number of phenolic OH excluding ortho intramolecular Hbond substituents is 1. The first-order valence-electron chi connectivity index (χ1n) is 14.6. The fraction of sp³-hybridized carbons (Fsp3) is 0.452. The van der Waals surface area contributed by atoms with Gasteiger partial charge >= 0.3 is 5.97 Å². The molecule has 12 nitrogen and oxygen atoms in total. The van der Waals surface area contributed by atoms with E-state index in [1.54, 1.807) is 12.1 Å². The van der Waals surface area contributed by atoms with Gasteiger partial charge in [0.05, 0.1) is 23.2 Å². The minimum Gasteiger partial charge on any atom is -0.508 e. The van der Waals surface area contributed by atoms with Crippen molar-refractivity contribution in [2.75, 3.05) is 6.54 Å². The summed E-state index contributed by atoms with van der Waals surface area (Å²) >= 11 is 1.48. The van der Waals surface area contributed by atoms with Crippen LogP contribution in [0.3, 0.4) is 0 Å². The molecule has 0 bridgehead atoms. The lowest BCUT2D eigenvalue weighted by molar-refractivity contribution is -0.148. The van der Waals surface area contributed by atoms with Gasteiger partial charge in [-0.2, -0.15) is 0 Å². The number of nitrogens with one attached hydrogen (secondary N) is 3. The molecule has 4 rings (SSSR count). The van der Waals surface area contributed by atoms with Crippen molar-refractivity contribution in [3.8, 4) is 5.75 Å². The largest absolute Gasteiger partial charge is 0.508 e. The Hall–Kier alpha value is -4.10. The molecular formula is C31H39N5O7S. The minimum atomic E-state index is -1.15. The van der Waals surface area contributed by atoms with Gasteiger partial charge < -0.3 is 36.8 Å². The molecule has 6 atom stereocenters. The molecule has 0 aromatic heterocycles. The molecule has 2 aliphatic rings. The topological polar surface area (TPSA) is 191 Å². The highest BCUT2D eigenvalue weighted by molar-refractivity contribution is 8.00. The number of nitrogens with zero attached hydrogens (tertiary/aromatic N) is 1. The second-order valence-corrected chi connectivity index (χ2v) is 12.9. The van der Waals surface area contributed by atoms with Gasteiger partial charge in [-0.1, -0.05) is 56.3 Å². The standard InChI is InChI=1S/C31H39N5O7S/c1-17(2)14-23(31(42)43)35-29(40)26-27(19-6-4-3-5-7-19)44-25-13-12-22(30(41)36(25)26)34-24(38)16-33-28(39)21(32)15-18-8-10-20(37)11-9-18/h3-11,17,21-23,25-27,37H,12-16,32H2,1-2H3,(H,33,39)(H,34,38)(H,35,40)(H,42,43)/t21-,22-,23-,25+,26+,27+/m0/s1. The molecule has 7 N–H and O–H groups in total. The van der Waals surface area contributed by atoms with E-state index in [-0.39, 0.29) is 29.9 Å². The number of aliphatic carboxylic acids is 1. The summed E-state index contributed by atoms with van der Waals surface area (Å²) in [5.41, 5.74) is 7.56. The summed E-state index contributed by atoms with van der Waals surface area (Å²) in [5, 5.41) is 26.2. The fourth-order valence-electron chi connectivity index (χ4n) is 5.51. The van der Waals surface area contributed by atoms with Crippen LogP contribution in [-0.4, -0.2) is 80.8 Å². The molecule has 0 radical (unpaired) electrons. The van der Waals surface area contributed by atoms with Crippen LogP contribution >= 0.6 is 11.8 Å². The zero-order valence-electron chi connectivity index (χ0n) is 24.6. The number of carboxylic acid groups (broad SMARTS) is 1. The molecule has 2 aromatic carbocycles. The maximum Gasteiger partial charge on any atom is 0.326 e. The molecule has 0 spiro atoms. The summed E-state index contributed by atoms with van der Waals surface area (Å²) < 4.78 is 0. The number of nitrogens with two attached hydrogens (primary N) is 1. The second kappa shape index (κ2) is 14.6. The van der Waals surface area contributed by atoms with Crippen molar-refractivity contribution in [3.05, 3.63) is 65.7 Å². The van der Waals surface area contributed by atoms with E-state index in [1.807, 2.05) is 44.2 Å². The summed E-state index contributed by atoms with van der Waals surface area (Å²) in [6, 6.07) is 11.6. The van der Waals surface area contributed by atoms with E-state index in [1.165, 1.54) is 28.8 Å². The number of amides is 4. The Kier molecular flexibility index (Phi) is 10.9. The van der Waals surface area contributed by atoms with E-state index in [4.69, 9.17) is 5.73 Å². The SMILES string of the molecule is CC(C)C[C@H](NC(=O)[C@H]1[C@@H](c2ccccc2)S[C@@H]2CC[C@H](NC(=O)CNC(=O)[C@@H](N)Cc3ccc(O)cc3)C(=O)N21)C(=O)O. The van der Waals surface area contributed by atoms with Gasteiger partial charge in [-0.15, -0.1) is 11.8 Å². The number of hydrogen-bond acceptors (Lipinski definition) is 8. The molecular weight excluding hydrogens is 586 g/mol. The Morgan fingerprint density at radius 3 is 2.36 bits per heavy atom. The third-order valence-electron chi connectivity index (χ3n) is 7.66. The fourth-order valence-corrected chi connectivity index (χ4v) is 7.20. The molecule has 2 aliphatic heterocycles. The number of hydrogen-bond donors (Lipinski definition) is 6. The van der Waals surface area contributed by atoms with Crippen LogP contribution in [0.25, 0.3) is 0 Å². The molecule has 236 valence electrons. The van der Waals surface area contributed by atoms with Crippen LogP contribution < -0.4 is 21.7 Å². The number of thioether (sulfide) groups is 1. The predicted octanol–water partition coefficient (Wildman–Crippen LogP) is 1.28. The van der Waals surface area contributed by atoms with Crippen LogP contribution in [0, 0.1) is 5.92 Å². The molecule has 13 heteroatoms. The van der Waals surface area contributed by atoms with Crippen LogP contribution in [0.15, 0.2) is 54.6 Å². The average molecular weight is 626 g/mol. The molecule has 2 fully saturated rings. The molecule has 2 heterocycles.